The monoisotopic (exact) mass is 329 g/mol. The standard InChI is InChI=1S/C17H19N3O2S/c1-11-4-9-16(21)15(10-11)12(2)19-20-17(23)18-13-5-7-14(22-3)8-6-13/h4-10,21H,1-3H3,(H2,18,20,23)/b19-12+. The van der Waals surface area contributed by atoms with E-state index in [9.17, 15) is 5.11 Å². The smallest absolute Gasteiger partial charge is 0.191 e. The molecule has 5 nitrogen and oxygen atoms in total. The zero-order valence-corrected chi connectivity index (χ0v) is 14.1. The number of nitrogens with one attached hydrogen (secondary N) is 2. The molecule has 0 fully saturated rings. The van der Waals surface area contributed by atoms with Crippen LogP contribution in [0.15, 0.2) is 47.6 Å². The van der Waals surface area contributed by atoms with E-state index >= 15 is 0 Å². The maximum absolute atomic E-state index is 9.89. The van der Waals surface area contributed by atoms with Gasteiger partial charge in [-0.25, -0.2) is 0 Å². The molecule has 0 aliphatic heterocycles. The number of methoxy groups -OCH3 is 1. The third-order valence-electron chi connectivity index (χ3n) is 3.21. The van der Waals surface area contributed by atoms with Crippen molar-refractivity contribution in [3.63, 3.8) is 0 Å². The molecule has 2 aromatic carbocycles. The summed E-state index contributed by atoms with van der Waals surface area (Å²) < 4.78 is 5.10. The molecule has 0 atom stereocenters. The van der Waals surface area contributed by atoms with E-state index in [-0.39, 0.29) is 5.75 Å². The lowest BCUT2D eigenvalue weighted by molar-refractivity contribution is 0.415. The molecule has 0 radical (unpaired) electrons. The highest BCUT2D eigenvalue weighted by molar-refractivity contribution is 7.80. The summed E-state index contributed by atoms with van der Waals surface area (Å²) >= 11 is 5.20. The van der Waals surface area contributed by atoms with Gasteiger partial charge in [0.05, 0.1) is 12.8 Å². The molecular formula is C17H19N3O2S. The molecule has 3 N–H and O–H groups in total. The number of ether oxygens (including phenoxy) is 1. The number of nitrogens with zero attached hydrogens (tertiary/aromatic N) is 1. The second-order valence-corrected chi connectivity index (χ2v) is 5.42. The van der Waals surface area contributed by atoms with E-state index in [1.165, 1.54) is 0 Å². The van der Waals surface area contributed by atoms with Gasteiger partial charge in [0.15, 0.2) is 5.11 Å². The summed E-state index contributed by atoms with van der Waals surface area (Å²) in [6.45, 7) is 3.76. The molecule has 0 aliphatic carbocycles. The van der Waals surface area contributed by atoms with Gasteiger partial charge in [-0.3, -0.25) is 5.43 Å². The van der Waals surface area contributed by atoms with E-state index in [4.69, 9.17) is 17.0 Å². The van der Waals surface area contributed by atoms with Crippen LogP contribution in [0.2, 0.25) is 0 Å². The molecule has 0 spiro atoms. The molecule has 0 saturated carbocycles. The zero-order chi connectivity index (χ0) is 16.8. The Kier molecular flexibility index (Phi) is 5.54. The lowest BCUT2D eigenvalue weighted by Gasteiger charge is -2.09. The minimum atomic E-state index is 0.188. The van der Waals surface area contributed by atoms with E-state index in [1.807, 2.05) is 43.3 Å². The van der Waals surface area contributed by atoms with Crippen molar-refractivity contribution in [1.29, 1.82) is 0 Å². The lowest BCUT2D eigenvalue weighted by Crippen LogP contribution is -2.24. The number of hydrogen-bond acceptors (Lipinski definition) is 4. The number of aryl methyl sites for hydroxylation is 1. The first kappa shape index (κ1) is 16.8. The number of hydrogen-bond donors (Lipinski definition) is 3. The van der Waals surface area contributed by atoms with Crippen LogP contribution in [0.5, 0.6) is 11.5 Å². The molecule has 120 valence electrons. The van der Waals surface area contributed by atoms with E-state index < -0.39 is 0 Å². The number of aromatic hydroxyl groups is 1. The number of benzene rings is 2. The first-order valence-electron chi connectivity index (χ1n) is 7.05. The van der Waals surface area contributed by atoms with Gasteiger partial charge in [-0.2, -0.15) is 5.10 Å². The van der Waals surface area contributed by atoms with Gasteiger partial charge in [0.2, 0.25) is 0 Å². The highest BCUT2D eigenvalue weighted by Gasteiger charge is 2.05. The topological polar surface area (TPSA) is 65.9 Å². The Balaban J connectivity index is 2.00. The Morgan fingerprint density at radius 2 is 1.87 bits per heavy atom. The largest absolute Gasteiger partial charge is 0.507 e. The molecule has 0 unspecified atom stereocenters. The summed E-state index contributed by atoms with van der Waals surface area (Å²) in [5.41, 5.74) is 5.96. The maximum Gasteiger partial charge on any atom is 0.191 e. The van der Waals surface area contributed by atoms with Gasteiger partial charge in [-0.1, -0.05) is 11.6 Å². The first-order chi connectivity index (χ1) is 11.0. The number of anilines is 1. The normalized spacial score (nSPS) is 11.0. The SMILES string of the molecule is COc1ccc(NC(=S)N/N=C(\C)c2cc(C)ccc2O)cc1. The van der Waals surface area contributed by atoms with Gasteiger partial charge in [0.1, 0.15) is 11.5 Å². The van der Waals surface area contributed by atoms with Crippen molar-refractivity contribution in [3.8, 4) is 11.5 Å². The minimum absolute atomic E-state index is 0.188. The molecule has 0 amide bonds. The molecular weight excluding hydrogens is 310 g/mol. The number of phenolic OH excluding ortho intramolecular Hbond substituents is 1. The summed E-state index contributed by atoms with van der Waals surface area (Å²) in [6.07, 6.45) is 0. The molecule has 0 aromatic heterocycles. The number of thiocarbonyl (C=S) groups is 1. The van der Waals surface area contributed by atoms with Crippen LogP contribution in [0, 0.1) is 6.92 Å². The first-order valence-corrected chi connectivity index (χ1v) is 7.45. The van der Waals surface area contributed by atoms with Crippen molar-refractivity contribution in [1.82, 2.24) is 5.43 Å². The molecule has 0 bridgehead atoms. The average Bonchev–Trinajstić information content (AvgIpc) is 2.55. The third kappa shape index (κ3) is 4.69. The van der Waals surface area contributed by atoms with Crippen LogP contribution in [0.25, 0.3) is 0 Å². The fourth-order valence-electron chi connectivity index (χ4n) is 1.97. The summed E-state index contributed by atoms with van der Waals surface area (Å²) in [5, 5.41) is 17.5. The molecule has 0 saturated heterocycles. The lowest BCUT2D eigenvalue weighted by atomic mass is 10.1. The van der Waals surface area contributed by atoms with Crippen LogP contribution in [0.4, 0.5) is 5.69 Å². The Hall–Kier alpha value is -2.60. The number of rotatable bonds is 4. The van der Waals surface area contributed by atoms with E-state index in [1.54, 1.807) is 20.1 Å². The van der Waals surface area contributed by atoms with E-state index in [2.05, 4.69) is 15.8 Å². The van der Waals surface area contributed by atoms with Gasteiger partial charge in [0.25, 0.3) is 0 Å². The van der Waals surface area contributed by atoms with Crippen LogP contribution in [0.1, 0.15) is 18.1 Å². The Morgan fingerprint density at radius 3 is 2.52 bits per heavy atom. The van der Waals surface area contributed by atoms with Crippen molar-refractivity contribution in [2.24, 2.45) is 5.10 Å². The average molecular weight is 329 g/mol. The van der Waals surface area contributed by atoms with Crippen molar-refractivity contribution in [2.45, 2.75) is 13.8 Å². The van der Waals surface area contributed by atoms with Crippen LogP contribution in [-0.2, 0) is 0 Å². The van der Waals surface area contributed by atoms with Gasteiger partial charge in [-0.15, -0.1) is 0 Å². The van der Waals surface area contributed by atoms with Crippen molar-refractivity contribution in [3.05, 3.63) is 53.6 Å². The predicted molar refractivity (Wildman–Crippen MR) is 97.4 cm³/mol. The van der Waals surface area contributed by atoms with Gasteiger partial charge < -0.3 is 15.2 Å². The maximum atomic E-state index is 9.89. The summed E-state index contributed by atoms with van der Waals surface area (Å²) in [4.78, 5) is 0. The van der Waals surface area contributed by atoms with Crippen molar-refractivity contribution in [2.75, 3.05) is 12.4 Å². The van der Waals surface area contributed by atoms with E-state index in [0.29, 0.717) is 16.4 Å². The van der Waals surface area contributed by atoms with Crippen molar-refractivity contribution < 1.29 is 9.84 Å². The predicted octanol–water partition coefficient (Wildman–Crippen LogP) is 3.42. The quantitative estimate of drug-likeness (QED) is 0.456. The highest BCUT2D eigenvalue weighted by Crippen LogP contribution is 2.19. The van der Waals surface area contributed by atoms with Crippen molar-refractivity contribution >= 4 is 28.7 Å². The van der Waals surface area contributed by atoms with Crippen LogP contribution < -0.4 is 15.5 Å². The van der Waals surface area contributed by atoms with E-state index in [0.717, 1.165) is 17.0 Å². The fourth-order valence-corrected chi connectivity index (χ4v) is 2.13. The second kappa shape index (κ2) is 7.60. The van der Waals surface area contributed by atoms with Crippen LogP contribution in [0.3, 0.4) is 0 Å². The molecule has 2 rings (SSSR count). The second-order valence-electron chi connectivity index (χ2n) is 5.01. The summed E-state index contributed by atoms with van der Waals surface area (Å²) in [5.74, 6) is 0.964. The third-order valence-corrected chi connectivity index (χ3v) is 3.41. The molecule has 23 heavy (non-hydrogen) atoms. The molecule has 6 heteroatoms. The summed E-state index contributed by atoms with van der Waals surface area (Å²) in [6, 6.07) is 12.8. The molecule has 0 aliphatic rings. The van der Waals surface area contributed by atoms with Gasteiger partial charge in [0, 0.05) is 11.3 Å². The van der Waals surface area contributed by atoms with Crippen LogP contribution in [-0.4, -0.2) is 23.0 Å². The number of hydrazone groups is 1. The summed E-state index contributed by atoms with van der Waals surface area (Å²) in [7, 11) is 1.62. The highest BCUT2D eigenvalue weighted by atomic mass is 32.1. The van der Waals surface area contributed by atoms with Crippen LogP contribution >= 0.6 is 12.2 Å². The Labute approximate surface area is 141 Å². The zero-order valence-electron chi connectivity index (χ0n) is 13.3. The number of phenols is 1. The molecule has 0 heterocycles. The Morgan fingerprint density at radius 1 is 1.17 bits per heavy atom. The minimum Gasteiger partial charge on any atom is -0.507 e. The molecule has 2 aromatic rings. The van der Waals surface area contributed by atoms with Gasteiger partial charge in [-0.05, 0) is 62.5 Å². The van der Waals surface area contributed by atoms with Gasteiger partial charge >= 0.3 is 0 Å². The Bertz CT molecular complexity index is 727. The fraction of sp³-hybridized carbons (Fsp3) is 0.176.